The van der Waals surface area contributed by atoms with Gasteiger partial charge in [-0.1, -0.05) is 13.0 Å². The van der Waals surface area contributed by atoms with Crippen molar-refractivity contribution in [3.05, 3.63) is 35.4 Å². The van der Waals surface area contributed by atoms with E-state index in [1.165, 1.54) is 18.2 Å². The van der Waals surface area contributed by atoms with Crippen LogP contribution in [0.4, 0.5) is 8.78 Å². The Morgan fingerprint density at radius 3 is 2.33 bits per heavy atom. The van der Waals surface area contributed by atoms with Crippen LogP contribution in [-0.4, -0.2) is 25.8 Å². The highest BCUT2D eigenvalue weighted by atomic mass is 19.1. The summed E-state index contributed by atoms with van der Waals surface area (Å²) in [6.45, 7) is 2.24. The van der Waals surface area contributed by atoms with Crippen molar-refractivity contribution in [3.63, 3.8) is 0 Å². The van der Waals surface area contributed by atoms with Gasteiger partial charge in [0.2, 0.25) is 0 Å². The summed E-state index contributed by atoms with van der Waals surface area (Å²) in [5, 5.41) is 3.22. The van der Waals surface area contributed by atoms with Crippen LogP contribution >= 0.6 is 0 Å². The standard InChI is InChI=1S/C17H25F2NO/c1-12-7-9-17(21-3,10-8-12)16(20-2)11-13-14(18)5-4-6-15(13)19/h4-6,12,16,20H,7-11H2,1-3H3. The molecule has 1 saturated carbocycles. The Bertz CT molecular complexity index is 450. The predicted molar refractivity (Wildman–Crippen MR) is 80.3 cm³/mol. The first-order valence-electron chi connectivity index (χ1n) is 7.67. The largest absolute Gasteiger partial charge is 0.377 e. The van der Waals surface area contributed by atoms with E-state index in [0.29, 0.717) is 12.3 Å². The van der Waals surface area contributed by atoms with Crippen molar-refractivity contribution < 1.29 is 13.5 Å². The minimum absolute atomic E-state index is 0.0959. The fraction of sp³-hybridized carbons (Fsp3) is 0.647. The summed E-state index contributed by atoms with van der Waals surface area (Å²) < 4.78 is 33.6. The fourth-order valence-corrected chi connectivity index (χ4v) is 3.43. The van der Waals surface area contributed by atoms with E-state index in [1.54, 1.807) is 7.11 Å². The minimum atomic E-state index is -0.481. The summed E-state index contributed by atoms with van der Waals surface area (Å²) in [5.41, 5.74) is -0.192. The lowest BCUT2D eigenvalue weighted by Crippen LogP contribution is -2.54. The second-order valence-electron chi connectivity index (χ2n) is 6.20. The molecule has 0 aromatic heterocycles. The maximum atomic E-state index is 13.9. The van der Waals surface area contributed by atoms with Crippen LogP contribution in [0.15, 0.2) is 18.2 Å². The van der Waals surface area contributed by atoms with Gasteiger partial charge in [0.1, 0.15) is 11.6 Å². The maximum absolute atomic E-state index is 13.9. The molecule has 2 rings (SSSR count). The summed E-state index contributed by atoms with van der Waals surface area (Å²) in [6.07, 6.45) is 4.33. The van der Waals surface area contributed by atoms with Crippen molar-refractivity contribution >= 4 is 0 Å². The van der Waals surface area contributed by atoms with Crippen molar-refractivity contribution in [2.24, 2.45) is 5.92 Å². The third-order valence-electron chi connectivity index (χ3n) is 4.98. The van der Waals surface area contributed by atoms with Gasteiger partial charge in [-0.2, -0.15) is 0 Å². The van der Waals surface area contributed by atoms with Gasteiger partial charge in [0.25, 0.3) is 0 Å². The van der Waals surface area contributed by atoms with Crippen molar-refractivity contribution in [2.75, 3.05) is 14.2 Å². The molecule has 1 aliphatic rings. The molecule has 0 radical (unpaired) electrons. The summed E-state index contributed by atoms with van der Waals surface area (Å²) >= 11 is 0. The first kappa shape index (κ1) is 16.4. The highest BCUT2D eigenvalue weighted by molar-refractivity contribution is 5.22. The molecule has 0 saturated heterocycles. The van der Waals surface area contributed by atoms with E-state index >= 15 is 0 Å². The molecule has 0 heterocycles. The topological polar surface area (TPSA) is 21.3 Å². The molecular weight excluding hydrogens is 272 g/mol. The van der Waals surface area contributed by atoms with E-state index in [2.05, 4.69) is 12.2 Å². The van der Waals surface area contributed by atoms with Gasteiger partial charge in [0, 0.05) is 18.7 Å². The second-order valence-corrected chi connectivity index (χ2v) is 6.20. The van der Waals surface area contributed by atoms with Crippen LogP contribution in [0.1, 0.15) is 38.2 Å². The highest BCUT2D eigenvalue weighted by Gasteiger charge is 2.41. The molecule has 1 aromatic carbocycles. The van der Waals surface area contributed by atoms with Crippen LogP contribution < -0.4 is 5.32 Å². The molecule has 4 heteroatoms. The molecule has 0 spiro atoms. The zero-order valence-corrected chi connectivity index (χ0v) is 13.1. The third kappa shape index (κ3) is 3.43. The monoisotopic (exact) mass is 297 g/mol. The van der Waals surface area contributed by atoms with Gasteiger partial charge < -0.3 is 10.1 Å². The lowest BCUT2D eigenvalue weighted by molar-refractivity contribution is -0.0733. The number of nitrogens with one attached hydrogen (secondary N) is 1. The van der Waals surface area contributed by atoms with Crippen molar-refractivity contribution in [2.45, 2.75) is 50.7 Å². The highest BCUT2D eigenvalue weighted by Crippen LogP contribution is 2.38. The number of hydrogen-bond donors (Lipinski definition) is 1. The van der Waals surface area contributed by atoms with Crippen LogP contribution in [0.5, 0.6) is 0 Å². The Balaban J connectivity index is 2.22. The van der Waals surface area contributed by atoms with Crippen LogP contribution in [0.2, 0.25) is 0 Å². The van der Waals surface area contributed by atoms with Crippen LogP contribution in [-0.2, 0) is 11.2 Å². The normalized spacial score (nSPS) is 27.6. The third-order valence-corrected chi connectivity index (χ3v) is 4.98. The molecule has 1 aromatic rings. The van der Waals surface area contributed by atoms with E-state index in [9.17, 15) is 8.78 Å². The number of likely N-dealkylation sites (N-methyl/N-ethyl adjacent to an activating group) is 1. The number of rotatable bonds is 5. The summed E-state index contributed by atoms with van der Waals surface area (Å²) in [4.78, 5) is 0. The first-order chi connectivity index (χ1) is 10.0. The molecule has 0 bridgehead atoms. The Kier molecular flexibility index (Phi) is 5.33. The Morgan fingerprint density at radius 2 is 1.86 bits per heavy atom. The molecule has 1 fully saturated rings. The fourth-order valence-electron chi connectivity index (χ4n) is 3.43. The molecule has 2 nitrogen and oxygen atoms in total. The molecule has 21 heavy (non-hydrogen) atoms. The summed E-state index contributed by atoms with van der Waals surface area (Å²) in [7, 11) is 3.54. The number of halogens is 2. The van der Waals surface area contributed by atoms with Gasteiger partial charge in [-0.3, -0.25) is 0 Å². The van der Waals surface area contributed by atoms with E-state index in [-0.39, 0.29) is 17.2 Å². The van der Waals surface area contributed by atoms with Gasteiger partial charge in [-0.05, 0) is 57.2 Å². The summed E-state index contributed by atoms with van der Waals surface area (Å²) in [6, 6.07) is 3.93. The average Bonchev–Trinajstić information content (AvgIpc) is 2.49. The second kappa shape index (κ2) is 6.84. The maximum Gasteiger partial charge on any atom is 0.129 e. The number of hydrogen-bond acceptors (Lipinski definition) is 2. The van der Waals surface area contributed by atoms with Gasteiger partial charge in [-0.25, -0.2) is 8.78 Å². The zero-order valence-electron chi connectivity index (χ0n) is 13.1. The van der Waals surface area contributed by atoms with Gasteiger partial charge >= 0.3 is 0 Å². The van der Waals surface area contributed by atoms with E-state index < -0.39 is 11.6 Å². The smallest absolute Gasteiger partial charge is 0.129 e. The average molecular weight is 297 g/mol. The molecule has 118 valence electrons. The molecule has 1 atom stereocenters. The number of methoxy groups -OCH3 is 1. The van der Waals surface area contributed by atoms with Crippen molar-refractivity contribution in [1.29, 1.82) is 0 Å². The number of ether oxygens (including phenoxy) is 1. The van der Waals surface area contributed by atoms with Crippen LogP contribution in [0, 0.1) is 17.6 Å². The quantitative estimate of drug-likeness (QED) is 0.895. The first-order valence-corrected chi connectivity index (χ1v) is 7.67. The van der Waals surface area contributed by atoms with E-state index in [1.807, 2.05) is 7.05 Å². The molecule has 0 aliphatic heterocycles. The predicted octanol–water partition coefficient (Wildman–Crippen LogP) is 3.69. The SMILES string of the molecule is CNC(Cc1c(F)cccc1F)C1(OC)CCC(C)CC1. The van der Waals surface area contributed by atoms with Gasteiger partial charge in [0.15, 0.2) is 0 Å². The number of benzene rings is 1. The lowest BCUT2D eigenvalue weighted by Gasteiger charge is -2.44. The van der Waals surface area contributed by atoms with Gasteiger partial charge in [0.05, 0.1) is 5.60 Å². The zero-order chi connectivity index (χ0) is 15.5. The molecule has 1 N–H and O–H groups in total. The van der Waals surface area contributed by atoms with Gasteiger partial charge in [-0.15, -0.1) is 0 Å². The van der Waals surface area contributed by atoms with Crippen molar-refractivity contribution in [3.8, 4) is 0 Å². The van der Waals surface area contributed by atoms with E-state index in [0.717, 1.165) is 25.7 Å². The van der Waals surface area contributed by atoms with E-state index in [4.69, 9.17) is 4.74 Å². The van der Waals surface area contributed by atoms with Crippen molar-refractivity contribution in [1.82, 2.24) is 5.32 Å². The van der Waals surface area contributed by atoms with Crippen LogP contribution in [0.25, 0.3) is 0 Å². The Hall–Kier alpha value is -1.00. The molecule has 0 amide bonds. The lowest BCUT2D eigenvalue weighted by atomic mass is 9.73. The molecule has 1 unspecified atom stereocenters. The Morgan fingerprint density at radius 1 is 1.29 bits per heavy atom. The molecular formula is C17H25F2NO. The molecule has 1 aliphatic carbocycles. The minimum Gasteiger partial charge on any atom is -0.377 e. The Labute approximate surface area is 125 Å². The summed E-state index contributed by atoms with van der Waals surface area (Å²) in [5.74, 6) is -0.271. The van der Waals surface area contributed by atoms with Crippen LogP contribution in [0.3, 0.4) is 0 Å².